The highest BCUT2D eigenvalue weighted by Gasteiger charge is 2.56. The summed E-state index contributed by atoms with van der Waals surface area (Å²) in [5.74, 6) is 0.356. The summed E-state index contributed by atoms with van der Waals surface area (Å²) in [4.78, 5) is 24.6. The lowest BCUT2D eigenvalue weighted by atomic mass is 10.0. The smallest absolute Gasteiger partial charge is 0.305 e. The second-order valence-electron chi connectivity index (χ2n) is 6.22. The summed E-state index contributed by atoms with van der Waals surface area (Å²) in [6.45, 7) is 0. The molecule has 4 nitrogen and oxygen atoms in total. The lowest BCUT2D eigenvalue weighted by Crippen LogP contribution is -2.32. The van der Waals surface area contributed by atoms with E-state index in [0.717, 1.165) is 23.3 Å². The number of fused-ring (bicyclic) bond motifs is 1. The van der Waals surface area contributed by atoms with Crippen LogP contribution in [0.4, 0.5) is 0 Å². The van der Waals surface area contributed by atoms with Gasteiger partial charge in [0.2, 0.25) is 5.91 Å². The summed E-state index contributed by atoms with van der Waals surface area (Å²) in [6.07, 6.45) is 5.45. The number of rotatable bonds is 6. The number of hydrogen-bond donors (Lipinski definition) is 2. The normalized spacial score (nSPS) is 27.0. The van der Waals surface area contributed by atoms with Crippen LogP contribution in [0.3, 0.4) is 0 Å². The summed E-state index contributed by atoms with van der Waals surface area (Å²) >= 11 is 1.64. The predicted molar refractivity (Wildman–Crippen MR) is 85.7 cm³/mol. The number of carbonyl (C=O) groups is 2. The number of hydrogen-bond acceptors (Lipinski definition) is 3. The van der Waals surface area contributed by atoms with E-state index in [9.17, 15) is 9.59 Å². The first-order chi connectivity index (χ1) is 10.6. The molecule has 0 bridgehead atoms. The van der Waals surface area contributed by atoms with E-state index >= 15 is 0 Å². The first-order valence-electron chi connectivity index (χ1n) is 7.76. The Bertz CT molecular complexity index is 562. The summed E-state index contributed by atoms with van der Waals surface area (Å²) in [5.41, 5.74) is 0.861. The van der Waals surface area contributed by atoms with Gasteiger partial charge in [0.25, 0.3) is 0 Å². The third-order valence-electron chi connectivity index (χ3n) is 4.92. The van der Waals surface area contributed by atoms with Crippen molar-refractivity contribution in [3.63, 3.8) is 0 Å². The van der Waals surface area contributed by atoms with E-state index in [1.54, 1.807) is 11.8 Å². The average molecular weight is 319 g/mol. The van der Waals surface area contributed by atoms with E-state index in [-0.39, 0.29) is 18.2 Å². The Labute approximate surface area is 134 Å². The molecule has 3 unspecified atom stereocenters. The second-order valence-corrected chi connectivity index (χ2v) is 7.10. The minimum atomic E-state index is -0.893. The Hall–Kier alpha value is -1.49. The van der Waals surface area contributed by atoms with E-state index in [0.29, 0.717) is 11.8 Å². The van der Waals surface area contributed by atoms with Gasteiger partial charge >= 0.3 is 5.97 Å². The van der Waals surface area contributed by atoms with Crippen molar-refractivity contribution in [2.45, 2.75) is 36.6 Å². The Morgan fingerprint density at radius 1 is 1.27 bits per heavy atom. The number of carbonyl (C=O) groups excluding carboxylic acids is 1. The lowest BCUT2D eigenvalue weighted by molar-refractivity contribution is -0.137. The third-order valence-corrected chi connectivity index (χ3v) is 5.67. The Kier molecular flexibility index (Phi) is 4.43. The van der Waals surface area contributed by atoms with Crippen LogP contribution in [-0.2, 0) is 9.59 Å². The molecule has 0 heterocycles. The van der Waals surface area contributed by atoms with Crippen LogP contribution in [-0.4, -0.2) is 23.2 Å². The van der Waals surface area contributed by atoms with Crippen molar-refractivity contribution in [3.05, 3.63) is 29.8 Å². The number of benzene rings is 1. The number of carboxylic acid groups (broad SMARTS) is 1. The van der Waals surface area contributed by atoms with Crippen LogP contribution < -0.4 is 5.32 Å². The maximum Gasteiger partial charge on any atom is 0.305 e. The van der Waals surface area contributed by atoms with Crippen molar-refractivity contribution in [1.82, 2.24) is 5.32 Å². The van der Waals surface area contributed by atoms with E-state index in [1.807, 2.05) is 30.5 Å². The van der Waals surface area contributed by atoms with Gasteiger partial charge in [0, 0.05) is 10.8 Å². The van der Waals surface area contributed by atoms with Crippen LogP contribution in [0.15, 0.2) is 29.2 Å². The minimum Gasteiger partial charge on any atom is -0.481 e. The van der Waals surface area contributed by atoms with Gasteiger partial charge in [-0.15, -0.1) is 11.8 Å². The highest BCUT2D eigenvalue weighted by molar-refractivity contribution is 7.98. The molecule has 1 aromatic rings. The fourth-order valence-corrected chi connectivity index (χ4v) is 4.15. The predicted octanol–water partition coefficient (Wildman–Crippen LogP) is 3.09. The van der Waals surface area contributed by atoms with Crippen LogP contribution in [0, 0.1) is 17.8 Å². The molecule has 3 atom stereocenters. The molecule has 0 saturated heterocycles. The number of aliphatic carboxylic acids is 1. The van der Waals surface area contributed by atoms with Crippen LogP contribution in [0.1, 0.15) is 37.3 Å². The first-order valence-corrected chi connectivity index (χ1v) is 8.98. The summed E-state index contributed by atoms with van der Waals surface area (Å²) in [7, 11) is 0. The summed E-state index contributed by atoms with van der Waals surface area (Å²) < 4.78 is 0. The molecule has 0 aromatic heterocycles. The molecule has 1 aromatic carbocycles. The van der Waals surface area contributed by atoms with E-state index in [2.05, 4.69) is 5.32 Å². The van der Waals surface area contributed by atoms with Crippen molar-refractivity contribution in [2.24, 2.45) is 17.8 Å². The van der Waals surface area contributed by atoms with Gasteiger partial charge in [-0.05, 0) is 48.6 Å². The molecule has 2 aliphatic rings. The molecule has 2 saturated carbocycles. The SMILES string of the molecule is CSc1ccc(C(CC(=O)O)NC(=O)C2C3CCCC32)cc1. The third kappa shape index (κ3) is 3.14. The Morgan fingerprint density at radius 2 is 1.91 bits per heavy atom. The molecule has 3 rings (SSSR count). The zero-order valence-corrected chi connectivity index (χ0v) is 13.4. The van der Waals surface area contributed by atoms with Crippen LogP contribution in [0.25, 0.3) is 0 Å². The Balaban J connectivity index is 1.69. The van der Waals surface area contributed by atoms with Crippen molar-refractivity contribution >= 4 is 23.6 Å². The fraction of sp³-hybridized carbons (Fsp3) is 0.529. The lowest BCUT2D eigenvalue weighted by Gasteiger charge is -2.18. The maximum absolute atomic E-state index is 12.4. The van der Waals surface area contributed by atoms with E-state index in [4.69, 9.17) is 5.11 Å². The van der Waals surface area contributed by atoms with Gasteiger partial charge in [0.05, 0.1) is 12.5 Å². The Morgan fingerprint density at radius 3 is 2.45 bits per heavy atom. The van der Waals surface area contributed by atoms with Crippen LogP contribution in [0.2, 0.25) is 0 Å². The largest absolute Gasteiger partial charge is 0.481 e. The van der Waals surface area contributed by atoms with Crippen molar-refractivity contribution < 1.29 is 14.7 Å². The number of carboxylic acids is 1. The molecule has 2 aliphatic carbocycles. The molecular weight excluding hydrogens is 298 g/mol. The second kappa shape index (κ2) is 6.32. The molecule has 2 N–H and O–H groups in total. The van der Waals surface area contributed by atoms with Gasteiger partial charge in [-0.1, -0.05) is 18.6 Å². The summed E-state index contributed by atoms with van der Waals surface area (Å²) in [5, 5.41) is 12.1. The van der Waals surface area contributed by atoms with Crippen molar-refractivity contribution in [2.75, 3.05) is 6.26 Å². The minimum absolute atomic E-state index is 0.0369. The van der Waals surface area contributed by atoms with Gasteiger partial charge in [-0.2, -0.15) is 0 Å². The summed E-state index contributed by atoms with van der Waals surface area (Å²) in [6, 6.07) is 7.31. The van der Waals surface area contributed by atoms with Gasteiger partial charge in [0.15, 0.2) is 0 Å². The van der Waals surface area contributed by atoms with Gasteiger partial charge < -0.3 is 10.4 Å². The zero-order chi connectivity index (χ0) is 15.7. The van der Waals surface area contributed by atoms with Gasteiger partial charge in [-0.25, -0.2) is 0 Å². The fourth-order valence-electron chi connectivity index (χ4n) is 3.74. The molecule has 5 heteroatoms. The van der Waals surface area contributed by atoms with E-state index < -0.39 is 12.0 Å². The number of amides is 1. The molecule has 0 radical (unpaired) electrons. The highest BCUT2D eigenvalue weighted by atomic mass is 32.2. The highest BCUT2D eigenvalue weighted by Crippen LogP contribution is 2.57. The molecule has 1 amide bonds. The standard InChI is InChI=1S/C17H21NO3S/c1-22-11-7-5-10(6-8-11)14(9-15(19)20)18-17(21)16-12-3-2-4-13(12)16/h5-8,12-14,16H,2-4,9H2,1H3,(H,18,21)(H,19,20). The number of nitrogens with one attached hydrogen (secondary N) is 1. The van der Waals surface area contributed by atoms with Crippen LogP contribution in [0.5, 0.6) is 0 Å². The van der Waals surface area contributed by atoms with Gasteiger partial charge in [0.1, 0.15) is 0 Å². The first kappa shape index (κ1) is 15.4. The molecule has 118 valence electrons. The van der Waals surface area contributed by atoms with Crippen molar-refractivity contribution in [3.8, 4) is 0 Å². The molecule has 2 fully saturated rings. The quantitative estimate of drug-likeness (QED) is 0.791. The zero-order valence-electron chi connectivity index (χ0n) is 12.6. The maximum atomic E-state index is 12.4. The number of thioether (sulfide) groups is 1. The molecular formula is C17H21NO3S. The van der Waals surface area contributed by atoms with Gasteiger partial charge in [-0.3, -0.25) is 9.59 Å². The topological polar surface area (TPSA) is 66.4 Å². The van der Waals surface area contributed by atoms with Crippen LogP contribution >= 0.6 is 11.8 Å². The molecule has 22 heavy (non-hydrogen) atoms. The average Bonchev–Trinajstić information content (AvgIpc) is 2.99. The molecule has 0 aliphatic heterocycles. The molecule has 0 spiro atoms. The van der Waals surface area contributed by atoms with E-state index in [1.165, 1.54) is 6.42 Å². The van der Waals surface area contributed by atoms with Crippen molar-refractivity contribution in [1.29, 1.82) is 0 Å². The monoisotopic (exact) mass is 319 g/mol.